The number of anilines is 1. The smallest absolute Gasteiger partial charge is 0.233 e. The van der Waals surface area contributed by atoms with Gasteiger partial charge in [0.25, 0.3) is 0 Å². The second kappa shape index (κ2) is 1.97. The SMILES string of the molecule is CC(C)(F)c1nc(N)co1. The van der Waals surface area contributed by atoms with E-state index >= 15 is 0 Å². The molecule has 56 valence electrons. The number of halogens is 1. The first-order chi connectivity index (χ1) is 4.50. The number of hydrogen-bond acceptors (Lipinski definition) is 3. The van der Waals surface area contributed by atoms with Crippen LogP contribution in [0.5, 0.6) is 0 Å². The molecule has 1 heterocycles. The van der Waals surface area contributed by atoms with E-state index in [2.05, 4.69) is 4.98 Å². The lowest BCUT2D eigenvalue weighted by Crippen LogP contribution is -2.09. The third-order valence-electron chi connectivity index (χ3n) is 1.03. The maximum atomic E-state index is 12.9. The van der Waals surface area contributed by atoms with E-state index < -0.39 is 5.67 Å². The quantitative estimate of drug-likeness (QED) is 0.649. The van der Waals surface area contributed by atoms with Crippen LogP contribution in [0, 0.1) is 0 Å². The third kappa shape index (κ3) is 1.26. The zero-order valence-electron chi connectivity index (χ0n) is 5.89. The van der Waals surface area contributed by atoms with Gasteiger partial charge < -0.3 is 10.2 Å². The van der Waals surface area contributed by atoms with Crippen molar-refractivity contribution in [3.8, 4) is 0 Å². The molecule has 1 aromatic heterocycles. The number of aromatic nitrogens is 1. The highest BCUT2D eigenvalue weighted by atomic mass is 19.1. The highest BCUT2D eigenvalue weighted by Crippen LogP contribution is 2.23. The predicted octanol–water partition coefficient (Wildman–Crippen LogP) is 1.46. The van der Waals surface area contributed by atoms with Crippen LogP contribution in [0.25, 0.3) is 0 Å². The first-order valence-electron chi connectivity index (χ1n) is 2.90. The van der Waals surface area contributed by atoms with Gasteiger partial charge in [-0.05, 0) is 13.8 Å². The lowest BCUT2D eigenvalue weighted by atomic mass is 10.2. The topological polar surface area (TPSA) is 52.0 Å². The van der Waals surface area contributed by atoms with Crippen LogP contribution < -0.4 is 5.73 Å². The summed E-state index contributed by atoms with van der Waals surface area (Å²) in [6, 6.07) is 0. The van der Waals surface area contributed by atoms with Crippen molar-refractivity contribution >= 4 is 5.82 Å². The van der Waals surface area contributed by atoms with Gasteiger partial charge in [0.1, 0.15) is 6.26 Å². The molecule has 0 aliphatic rings. The highest BCUT2D eigenvalue weighted by molar-refractivity contribution is 5.22. The monoisotopic (exact) mass is 144 g/mol. The largest absolute Gasteiger partial charge is 0.443 e. The molecule has 2 N–H and O–H groups in total. The molecule has 0 spiro atoms. The second-order valence-corrected chi connectivity index (χ2v) is 2.55. The minimum atomic E-state index is -1.54. The summed E-state index contributed by atoms with van der Waals surface area (Å²) in [5.74, 6) is 0.228. The summed E-state index contributed by atoms with van der Waals surface area (Å²) in [5.41, 5.74) is 3.66. The van der Waals surface area contributed by atoms with E-state index in [0.29, 0.717) is 0 Å². The number of nitrogens with two attached hydrogens (primary N) is 1. The minimum absolute atomic E-state index is 0.0185. The molecule has 0 amide bonds. The summed E-state index contributed by atoms with van der Waals surface area (Å²) in [6.45, 7) is 2.72. The minimum Gasteiger partial charge on any atom is -0.443 e. The van der Waals surface area contributed by atoms with Gasteiger partial charge in [-0.2, -0.15) is 4.98 Å². The standard InChI is InChI=1S/C6H9FN2O/c1-6(2,7)5-9-4(8)3-10-5/h3H,8H2,1-2H3. The molecular formula is C6H9FN2O. The van der Waals surface area contributed by atoms with Gasteiger partial charge in [-0.15, -0.1) is 0 Å². The molecule has 1 rings (SSSR count). The fourth-order valence-electron chi connectivity index (χ4n) is 0.559. The number of oxazole rings is 1. The van der Waals surface area contributed by atoms with Crippen LogP contribution in [-0.2, 0) is 5.67 Å². The summed E-state index contributed by atoms with van der Waals surface area (Å²) < 4.78 is 17.6. The fraction of sp³-hybridized carbons (Fsp3) is 0.500. The Morgan fingerprint density at radius 1 is 1.70 bits per heavy atom. The van der Waals surface area contributed by atoms with Gasteiger partial charge in [0, 0.05) is 0 Å². The Morgan fingerprint density at radius 2 is 2.30 bits per heavy atom. The Hall–Kier alpha value is -1.06. The van der Waals surface area contributed by atoms with E-state index in [1.54, 1.807) is 0 Å². The van der Waals surface area contributed by atoms with Gasteiger partial charge in [-0.3, -0.25) is 0 Å². The Kier molecular flexibility index (Phi) is 1.39. The summed E-state index contributed by atoms with van der Waals surface area (Å²) in [7, 11) is 0. The fourth-order valence-corrected chi connectivity index (χ4v) is 0.559. The van der Waals surface area contributed by atoms with Gasteiger partial charge >= 0.3 is 0 Å². The van der Waals surface area contributed by atoms with Crippen molar-refractivity contribution in [2.75, 3.05) is 5.73 Å². The summed E-state index contributed by atoms with van der Waals surface area (Å²) in [4.78, 5) is 3.62. The van der Waals surface area contributed by atoms with Crippen LogP contribution >= 0.6 is 0 Å². The molecule has 0 radical (unpaired) electrons. The average molecular weight is 144 g/mol. The summed E-state index contributed by atoms with van der Waals surface area (Å²) in [6.07, 6.45) is 1.22. The second-order valence-electron chi connectivity index (χ2n) is 2.55. The van der Waals surface area contributed by atoms with Crippen LogP contribution in [0.15, 0.2) is 10.7 Å². The van der Waals surface area contributed by atoms with Gasteiger partial charge in [-0.1, -0.05) is 0 Å². The molecule has 4 heteroatoms. The molecule has 0 aliphatic heterocycles. The molecule has 0 unspecified atom stereocenters. The molecule has 0 aromatic carbocycles. The van der Waals surface area contributed by atoms with Crippen molar-refractivity contribution in [2.24, 2.45) is 0 Å². The Balaban J connectivity index is 2.96. The van der Waals surface area contributed by atoms with Crippen LogP contribution in [-0.4, -0.2) is 4.98 Å². The summed E-state index contributed by atoms with van der Waals surface area (Å²) in [5, 5.41) is 0. The van der Waals surface area contributed by atoms with Gasteiger partial charge in [0.05, 0.1) is 0 Å². The van der Waals surface area contributed by atoms with Crippen molar-refractivity contribution in [2.45, 2.75) is 19.5 Å². The highest BCUT2D eigenvalue weighted by Gasteiger charge is 2.24. The van der Waals surface area contributed by atoms with Crippen molar-refractivity contribution in [3.63, 3.8) is 0 Å². The Labute approximate surface area is 58.0 Å². The maximum absolute atomic E-state index is 12.9. The maximum Gasteiger partial charge on any atom is 0.233 e. The van der Waals surface area contributed by atoms with E-state index in [0.717, 1.165) is 0 Å². The van der Waals surface area contributed by atoms with Crippen molar-refractivity contribution in [1.29, 1.82) is 0 Å². The molecule has 0 fully saturated rings. The number of alkyl halides is 1. The molecule has 10 heavy (non-hydrogen) atoms. The lowest BCUT2D eigenvalue weighted by molar-refractivity contribution is 0.170. The number of nitrogens with zero attached hydrogens (tertiary/aromatic N) is 1. The van der Waals surface area contributed by atoms with Crippen LogP contribution in [0.3, 0.4) is 0 Å². The first-order valence-corrected chi connectivity index (χ1v) is 2.90. The van der Waals surface area contributed by atoms with Gasteiger partial charge in [-0.25, -0.2) is 4.39 Å². The van der Waals surface area contributed by atoms with Crippen LogP contribution in [0.1, 0.15) is 19.7 Å². The molecule has 0 atom stereocenters. The number of rotatable bonds is 1. The number of nitrogen functional groups attached to an aromatic ring is 1. The number of hydrogen-bond donors (Lipinski definition) is 1. The van der Waals surface area contributed by atoms with E-state index in [9.17, 15) is 4.39 Å². The van der Waals surface area contributed by atoms with Gasteiger partial charge in [0.2, 0.25) is 5.89 Å². The molecule has 0 saturated carbocycles. The van der Waals surface area contributed by atoms with Gasteiger partial charge in [0.15, 0.2) is 11.5 Å². The van der Waals surface area contributed by atoms with Crippen LogP contribution in [0.4, 0.5) is 10.2 Å². The first kappa shape index (κ1) is 7.05. The van der Waals surface area contributed by atoms with Crippen molar-refractivity contribution < 1.29 is 8.81 Å². The normalized spacial score (nSPS) is 11.9. The average Bonchev–Trinajstić information content (AvgIpc) is 2.11. The summed E-state index contributed by atoms with van der Waals surface area (Å²) >= 11 is 0. The van der Waals surface area contributed by atoms with Crippen molar-refractivity contribution in [3.05, 3.63) is 12.2 Å². The Bertz CT molecular complexity index is 226. The predicted molar refractivity (Wildman–Crippen MR) is 35.0 cm³/mol. The van der Waals surface area contributed by atoms with Crippen LogP contribution in [0.2, 0.25) is 0 Å². The molecular weight excluding hydrogens is 135 g/mol. The lowest BCUT2D eigenvalue weighted by Gasteiger charge is -2.06. The zero-order valence-corrected chi connectivity index (χ0v) is 5.89. The molecule has 0 saturated heterocycles. The molecule has 3 nitrogen and oxygen atoms in total. The molecule has 1 aromatic rings. The Morgan fingerprint density at radius 3 is 2.50 bits per heavy atom. The molecule has 0 aliphatic carbocycles. The van der Waals surface area contributed by atoms with E-state index in [1.807, 2.05) is 0 Å². The zero-order chi connectivity index (χ0) is 7.78. The van der Waals surface area contributed by atoms with E-state index in [-0.39, 0.29) is 11.7 Å². The van der Waals surface area contributed by atoms with E-state index in [1.165, 1.54) is 20.1 Å². The van der Waals surface area contributed by atoms with E-state index in [4.69, 9.17) is 10.2 Å². The molecule has 0 bridgehead atoms. The third-order valence-corrected chi connectivity index (χ3v) is 1.03. The van der Waals surface area contributed by atoms with Crippen molar-refractivity contribution in [1.82, 2.24) is 4.98 Å².